The highest BCUT2D eigenvalue weighted by Gasteiger charge is 2.26. The van der Waals surface area contributed by atoms with Crippen molar-refractivity contribution in [3.8, 4) is 0 Å². The van der Waals surface area contributed by atoms with Gasteiger partial charge in [-0.1, -0.05) is 13.8 Å². The molecule has 0 heterocycles. The Hall–Kier alpha value is -0.450. The molecule has 0 atom stereocenters. The average Bonchev–Trinajstić information content (AvgIpc) is 2.04. The Balaban J connectivity index is 4.19. The van der Waals surface area contributed by atoms with Gasteiger partial charge in [-0.3, -0.25) is 9.69 Å². The summed E-state index contributed by atoms with van der Waals surface area (Å²) >= 11 is 0. The van der Waals surface area contributed by atoms with Crippen LogP contribution in [-0.2, 0) is 4.79 Å². The van der Waals surface area contributed by atoms with Gasteiger partial charge in [-0.2, -0.15) is 0 Å². The molecule has 0 aliphatic rings. The SMILES string of the molecule is CC(=O)C(C)(C)CN(CCO)CCO. The van der Waals surface area contributed by atoms with Crippen molar-refractivity contribution in [2.75, 3.05) is 32.8 Å². The molecule has 0 bridgehead atoms. The van der Waals surface area contributed by atoms with Gasteiger partial charge < -0.3 is 10.2 Å². The lowest BCUT2D eigenvalue weighted by molar-refractivity contribution is -0.126. The number of nitrogens with zero attached hydrogens (tertiary/aromatic N) is 1. The molecule has 14 heavy (non-hydrogen) atoms. The van der Waals surface area contributed by atoms with Crippen LogP contribution in [0.25, 0.3) is 0 Å². The molecule has 0 saturated carbocycles. The van der Waals surface area contributed by atoms with Gasteiger partial charge in [0.1, 0.15) is 5.78 Å². The van der Waals surface area contributed by atoms with E-state index in [-0.39, 0.29) is 19.0 Å². The summed E-state index contributed by atoms with van der Waals surface area (Å²) in [6.07, 6.45) is 0. The number of carbonyl (C=O) groups excluding carboxylic acids is 1. The second kappa shape index (κ2) is 6.11. The van der Waals surface area contributed by atoms with Gasteiger partial charge in [0.2, 0.25) is 0 Å². The standard InChI is InChI=1S/C10H21NO3/c1-9(14)10(2,3)8-11(4-6-12)5-7-13/h12-13H,4-8H2,1-3H3. The molecule has 0 aliphatic heterocycles. The molecule has 84 valence electrons. The number of aliphatic hydroxyl groups excluding tert-OH is 2. The van der Waals surface area contributed by atoms with Gasteiger partial charge >= 0.3 is 0 Å². The fourth-order valence-corrected chi connectivity index (χ4v) is 1.22. The zero-order chi connectivity index (χ0) is 11.2. The molecular formula is C10H21NO3. The van der Waals surface area contributed by atoms with E-state index in [4.69, 9.17) is 10.2 Å². The number of hydrogen-bond acceptors (Lipinski definition) is 4. The van der Waals surface area contributed by atoms with Gasteiger partial charge in [-0.05, 0) is 6.92 Å². The normalized spacial score (nSPS) is 12.1. The van der Waals surface area contributed by atoms with Crippen LogP contribution in [0.1, 0.15) is 20.8 Å². The Kier molecular flexibility index (Phi) is 5.92. The summed E-state index contributed by atoms with van der Waals surface area (Å²) in [5.74, 6) is 0.123. The van der Waals surface area contributed by atoms with Crippen molar-refractivity contribution in [1.82, 2.24) is 4.90 Å². The Morgan fingerprint density at radius 2 is 1.64 bits per heavy atom. The third-order valence-electron chi connectivity index (χ3n) is 2.40. The summed E-state index contributed by atoms with van der Waals surface area (Å²) in [5.41, 5.74) is -0.412. The van der Waals surface area contributed by atoms with E-state index in [1.165, 1.54) is 0 Å². The first-order chi connectivity index (χ1) is 6.44. The molecule has 0 fully saturated rings. The van der Waals surface area contributed by atoms with Gasteiger partial charge in [0, 0.05) is 25.0 Å². The quantitative estimate of drug-likeness (QED) is 0.606. The summed E-state index contributed by atoms with van der Waals surface area (Å²) in [4.78, 5) is 13.1. The Morgan fingerprint density at radius 1 is 1.21 bits per heavy atom. The average molecular weight is 203 g/mol. The van der Waals surface area contributed by atoms with E-state index in [1.54, 1.807) is 6.92 Å². The van der Waals surface area contributed by atoms with E-state index < -0.39 is 5.41 Å². The molecule has 0 amide bonds. The monoisotopic (exact) mass is 203 g/mol. The first-order valence-corrected chi connectivity index (χ1v) is 4.89. The van der Waals surface area contributed by atoms with Crippen LogP contribution in [0, 0.1) is 5.41 Å². The van der Waals surface area contributed by atoms with Crippen molar-refractivity contribution >= 4 is 5.78 Å². The van der Waals surface area contributed by atoms with E-state index in [9.17, 15) is 4.79 Å². The molecule has 2 N–H and O–H groups in total. The smallest absolute Gasteiger partial charge is 0.136 e. The highest BCUT2D eigenvalue weighted by atomic mass is 16.3. The van der Waals surface area contributed by atoms with Crippen molar-refractivity contribution < 1.29 is 15.0 Å². The lowest BCUT2D eigenvalue weighted by Crippen LogP contribution is -2.41. The Morgan fingerprint density at radius 3 is 1.93 bits per heavy atom. The molecule has 4 nitrogen and oxygen atoms in total. The highest BCUT2D eigenvalue weighted by Crippen LogP contribution is 2.17. The molecule has 0 radical (unpaired) electrons. The van der Waals surface area contributed by atoms with Crippen molar-refractivity contribution in [1.29, 1.82) is 0 Å². The second-order valence-corrected chi connectivity index (χ2v) is 4.16. The Labute approximate surface area is 85.5 Å². The van der Waals surface area contributed by atoms with Crippen LogP contribution in [0.5, 0.6) is 0 Å². The van der Waals surface area contributed by atoms with Crippen LogP contribution in [-0.4, -0.2) is 53.7 Å². The van der Waals surface area contributed by atoms with Crippen LogP contribution in [0.3, 0.4) is 0 Å². The number of rotatable bonds is 7. The van der Waals surface area contributed by atoms with Crippen molar-refractivity contribution in [3.05, 3.63) is 0 Å². The van der Waals surface area contributed by atoms with Crippen LogP contribution in [0.2, 0.25) is 0 Å². The van der Waals surface area contributed by atoms with Crippen LogP contribution in [0.15, 0.2) is 0 Å². The summed E-state index contributed by atoms with van der Waals surface area (Å²) in [6, 6.07) is 0. The van der Waals surface area contributed by atoms with Gasteiger partial charge in [0.05, 0.1) is 13.2 Å². The van der Waals surface area contributed by atoms with Gasteiger partial charge in [-0.25, -0.2) is 0 Å². The first-order valence-electron chi connectivity index (χ1n) is 4.89. The molecule has 0 rings (SSSR count). The first kappa shape index (κ1) is 13.5. The fraction of sp³-hybridized carbons (Fsp3) is 0.900. The maximum Gasteiger partial charge on any atom is 0.136 e. The highest BCUT2D eigenvalue weighted by molar-refractivity contribution is 5.81. The molecule has 0 spiro atoms. The minimum absolute atomic E-state index is 0.0496. The van der Waals surface area contributed by atoms with E-state index >= 15 is 0 Å². The lowest BCUT2D eigenvalue weighted by atomic mass is 9.88. The predicted molar refractivity (Wildman–Crippen MR) is 55.1 cm³/mol. The van der Waals surface area contributed by atoms with Gasteiger partial charge in [-0.15, -0.1) is 0 Å². The van der Waals surface area contributed by atoms with Crippen molar-refractivity contribution in [2.24, 2.45) is 5.41 Å². The minimum atomic E-state index is -0.412. The summed E-state index contributed by atoms with van der Waals surface area (Å²) in [5, 5.41) is 17.6. The third kappa shape index (κ3) is 4.69. The molecule has 0 aromatic heterocycles. The topological polar surface area (TPSA) is 60.8 Å². The van der Waals surface area contributed by atoms with E-state index in [0.717, 1.165) is 0 Å². The molecule has 0 aliphatic carbocycles. The van der Waals surface area contributed by atoms with Crippen LogP contribution >= 0.6 is 0 Å². The van der Waals surface area contributed by atoms with E-state index in [0.29, 0.717) is 19.6 Å². The molecule has 0 unspecified atom stereocenters. The van der Waals surface area contributed by atoms with Crippen LogP contribution < -0.4 is 0 Å². The number of carbonyl (C=O) groups is 1. The van der Waals surface area contributed by atoms with Crippen molar-refractivity contribution in [3.63, 3.8) is 0 Å². The number of aliphatic hydroxyl groups is 2. The maximum absolute atomic E-state index is 11.3. The number of hydrogen-bond donors (Lipinski definition) is 2. The summed E-state index contributed by atoms with van der Waals surface area (Å²) in [6.45, 7) is 6.98. The van der Waals surface area contributed by atoms with Gasteiger partial charge in [0.15, 0.2) is 0 Å². The second-order valence-electron chi connectivity index (χ2n) is 4.16. The zero-order valence-corrected chi connectivity index (χ0v) is 9.29. The largest absolute Gasteiger partial charge is 0.395 e. The summed E-state index contributed by atoms with van der Waals surface area (Å²) < 4.78 is 0. The van der Waals surface area contributed by atoms with Gasteiger partial charge in [0.25, 0.3) is 0 Å². The third-order valence-corrected chi connectivity index (χ3v) is 2.40. The minimum Gasteiger partial charge on any atom is -0.395 e. The fourth-order valence-electron chi connectivity index (χ4n) is 1.22. The number of ketones is 1. The zero-order valence-electron chi connectivity index (χ0n) is 9.29. The predicted octanol–water partition coefficient (Wildman–Crippen LogP) is -0.112. The number of Topliss-reactive ketones (excluding diaryl/α,β-unsaturated/α-hetero) is 1. The lowest BCUT2D eigenvalue weighted by Gasteiger charge is -2.29. The summed E-state index contributed by atoms with van der Waals surface area (Å²) in [7, 11) is 0. The molecule has 4 heteroatoms. The molecule has 0 aromatic carbocycles. The maximum atomic E-state index is 11.3. The Bertz CT molecular complexity index is 174. The van der Waals surface area contributed by atoms with Crippen LogP contribution in [0.4, 0.5) is 0 Å². The molecule has 0 saturated heterocycles. The van der Waals surface area contributed by atoms with E-state index in [1.807, 2.05) is 18.7 Å². The molecular weight excluding hydrogens is 182 g/mol. The van der Waals surface area contributed by atoms with E-state index in [2.05, 4.69) is 0 Å². The molecule has 0 aromatic rings. The van der Waals surface area contributed by atoms with Crippen molar-refractivity contribution in [2.45, 2.75) is 20.8 Å².